The summed E-state index contributed by atoms with van der Waals surface area (Å²) in [5, 5.41) is 8.59. The first-order chi connectivity index (χ1) is 8.33. The van der Waals surface area contributed by atoms with E-state index in [1.54, 1.807) is 0 Å². The fraction of sp³-hybridized carbons (Fsp3) is 0.308. The van der Waals surface area contributed by atoms with E-state index in [-0.39, 0.29) is 0 Å². The van der Waals surface area contributed by atoms with Gasteiger partial charge in [0.25, 0.3) is 0 Å². The Bertz CT molecular complexity index is 516. The average molecular weight is 248 g/mol. The summed E-state index contributed by atoms with van der Waals surface area (Å²) < 4.78 is 2.10. The normalized spacial score (nSPS) is 14.6. The van der Waals surface area contributed by atoms with Crippen LogP contribution in [0.25, 0.3) is 0 Å². The van der Waals surface area contributed by atoms with Crippen LogP contribution >= 0.6 is 11.6 Å². The number of hydrogen-bond acceptors (Lipinski definition) is 2. The van der Waals surface area contributed by atoms with Crippen LogP contribution in [-0.2, 0) is 19.5 Å². The second kappa shape index (κ2) is 4.51. The third-order valence-corrected chi connectivity index (χ3v) is 3.39. The number of benzene rings is 1. The highest BCUT2D eigenvalue weighted by molar-refractivity contribution is 6.30. The third-order valence-electron chi connectivity index (χ3n) is 3.13. The summed E-state index contributed by atoms with van der Waals surface area (Å²) in [6.45, 7) is 2.81. The molecule has 3 nitrogen and oxygen atoms in total. The second-order valence-electron chi connectivity index (χ2n) is 4.33. The molecular weight excluding hydrogens is 234 g/mol. The Hall–Kier alpha value is -1.32. The molecule has 0 unspecified atom stereocenters. The lowest BCUT2D eigenvalue weighted by Crippen LogP contribution is -2.24. The van der Waals surface area contributed by atoms with E-state index in [1.165, 1.54) is 16.8 Å². The molecule has 0 atom stereocenters. The number of fused-ring (bicyclic) bond motifs is 1. The molecule has 0 radical (unpaired) electrons. The third kappa shape index (κ3) is 2.21. The van der Waals surface area contributed by atoms with E-state index < -0.39 is 0 Å². The minimum atomic E-state index is 0.778. The highest BCUT2D eigenvalue weighted by atomic mass is 35.5. The molecule has 1 N–H and O–H groups in total. The van der Waals surface area contributed by atoms with Crippen LogP contribution in [0.2, 0.25) is 5.02 Å². The molecule has 0 bridgehead atoms. The lowest BCUT2D eigenvalue weighted by molar-refractivity contribution is 0.582. The molecule has 1 aromatic carbocycles. The highest BCUT2D eigenvalue weighted by Gasteiger charge is 2.14. The average Bonchev–Trinajstić information content (AvgIpc) is 2.76. The quantitative estimate of drug-likeness (QED) is 0.882. The molecule has 0 spiro atoms. The first-order valence-electron chi connectivity index (χ1n) is 5.81. The second-order valence-corrected chi connectivity index (χ2v) is 4.76. The smallest absolute Gasteiger partial charge is 0.0662 e. The molecular formula is C13H14ClN3. The van der Waals surface area contributed by atoms with Crippen LogP contribution < -0.4 is 5.32 Å². The van der Waals surface area contributed by atoms with Gasteiger partial charge in [-0.05, 0) is 17.7 Å². The van der Waals surface area contributed by atoms with Gasteiger partial charge in [-0.15, -0.1) is 0 Å². The van der Waals surface area contributed by atoms with Gasteiger partial charge in [0.05, 0.1) is 12.7 Å². The first-order valence-corrected chi connectivity index (χ1v) is 6.19. The summed E-state index contributed by atoms with van der Waals surface area (Å²) in [5.74, 6) is 0. The SMILES string of the molecule is Clc1ccc(Cn2ncc3c2CCNC3)cc1. The van der Waals surface area contributed by atoms with Gasteiger partial charge >= 0.3 is 0 Å². The fourth-order valence-corrected chi connectivity index (χ4v) is 2.34. The van der Waals surface area contributed by atoms with E-state index in [1.807, 2.05) is 18.3 Å². The summed E-state index contributed by atoms with van der Waals surface area (Å²) in [7, 11) is 0. The molecule has 3 rings (SSSR count). The Labute approximate surface area is 105 Å². The maximum absolute atomic E-state index is 5.88. The molecule has 2 heterocycles. The molecule has 1 aliphatic heterocycles. The van der Waals surface area contributed by atoms with Crippen molar-refractivity contribution >= 4 is 11.6 Å². The van der Waals surface area contributed by atoms with Crippen molar-refractivity contribution in [1.82, 2.24) is 15.1 Å². The summed E-state index contributed by atoms with van der Waals surface area (Å²) in [5.41, 5.74) is 3.92. The standard InChI is InChI=1S/C13H14ClN3/c14-12-3-1-10(2-4-12)9-17-13-5-6-15-7-11(13)8-16-17/h1-4,8,15H,5-7,9H2. The van der Waals surface area contributed by atoms with Gasteiger partial charge in [0.1, 0.15) is 0 Å². The number of aromatic nitrogens is 2. The van der Waals surface area contributed by atoms with Crippen molar-refractivity contribution in [3.05, 3.63) is 52.3 Å². The van der Waals surface area contributed by atoms with E-state index in [4.69, 9.17) is 11.6 Å². The van der Waals surface area contributed by atoms with E-state index in [2.05, 4.69) is 27.2 Å². The van der Waals surface area contributed by atoms with Crippen LogP contribution in [0.5, 0.6) is 0 Å². The molecule has 0 saturated carbocycles. The molecule has 1 aliphatic rings. The van der Waals surface area contributed by atoms with E-state index in [9.17, 15) is 0 Å². The maximum Gasteiger partial charge on any atom is 0.0662 e. The van der Waals surface area contributed by atoms with Crippen molar-refractivity contribution in [2.45, 2.75) is 19.5 Å². The van der Waals surface area contributed by atoms with Gasteiger partial charge < -0.3 is 5.32 Å². The maximum atomic E-state index is 5.88. The Balaban J connectivity index is 1.85. The number of nitrogens with zero attached hydrogens (tertiary/aromatic N) is 2. The van der Waals surface area contributed by atoms with Gasteiger partial charge in [0, 0.05) is 35.8 Å². The lowest BCUT2D eigenvalue weighted by atomic mass is 10.1. The number of hydrogen-bond donors (Lipinski definition) is 1. The van der Waals surface area contributed by atoms with Gasteiger partial charge in [0.15, 0.2) is 0 Å². The van der Waals surface area contributed by atoms with Gasteiger partial charge in [-0.3, -0.25) is 4.68 Å². The molecule has 0 saturated heterocycles. The number of rotatable bonds is 2. The van der Waals surface area contributed by atoms with Crippen molar-refractivity contribution in [3.63, 3.8) is 0 Å². The van der Waals surface area contributed by atoms with Crippen molar-refractivity contribution in [1.29, 1.82) is 0 Å². The van der Waals surface area contributed by atoms with Crippen LogP contribution in [-0.4, -0.2) is 16.3 Å². The minimum absolute atomic E-state index is 0.778. The van der Waals surface area contributed by atoms with Gasteiger partial charge in [-0.25, -0.2) is 0 Å². The molecule has 88 valence electrons. The van der Waals surface area contributed by atoms with Crippen molar-refractivity contribution in [2.75, 3.05) is 6.54 Å². The largest absolute Gasteiger partial charge is 0.312 e. The summed E-state index contributed by atoms with van der Waals surface area (Å²) >= 11 is 5.88. The minimum Gasteiger partial charge on any atom is -0.312 e. The Morgan fingerprint density at radius 2 is 2.12 bits per heavy atom. The molecule has 4 heteroatoms. The lowest BCUT2D eigenvalue weighted by Gasteiger charge is -2.15. The molecule has 0 fully saturated rings. The van der Waals surface area contributed by atoms with Gasteiger partial charge in [0.2, 0.25) is 0 Å². The first kappa shape index (κ1) is 10.8. The Morgan fingerprint density at radius 3 is 2.94 bits per heavy atom. The zero-order valence-corrected chi connectivity index (χ0v) is 10.2. The number of nitrogens with one attached hydrogen (secondary N) is 1. The van der Waals surface area contributed by atoms with E-state index >= 15 is 0 Å². The van der Waals surface area contributed by atoms with Crippen LogP contribution in [0.15, 0.2) is 30.5 Å². The summed E-state index contributed by atoms with van der Waals surface area (Å²) in [6, 6.07) is 7.96. The molecule has 0 aliphatic carbocycles. The fourth-order valence-electron chi connectivity index (χ4n) is 2.22. The van der Waals surface area contributed by atoms with E-state index in [0.717, 1.165) is 31.1 Å². The summed E-state index contributed by atoms with van der Waals surface area (Å²) in [4.78, 5) is 0. The molecule has 1 aromatic heterocycles. The van der Waals surface area contributed by atoms with Gasteiger partial charge in [-0.2, -0.15) is 5.10 Å². The predicted molar refractivity (Wildman–Crippen MR) is 68.2 cm³/mol. The number of halogens is 1. The topological polar surface area (TPSA) is 29.9 Å². The molecule has 0 amide bonds. The van der Waals surface area contributed by atoms with Gasteiger partial charge in [-0.1, -0.05) is 23.7 Å². The zero-order chi connectivity index (χ0) is 11.7. The molecule has 17 heavy (non-hydrogen) atoms. The Morgan fingerprint density at radius 1 is 1.29 bits per heavy atom. The van der Waals surface area contributed by atoms with Crippen LogP contribution in [0.3, 0.4) is 0 Å². The van der Waals surface area contributed by atoms with Crippen molar-refractivity contribution in [2.24, 2.45) is 0 Å². The van der Waals surface area contributed by atoms with Crippen LogP contribution in [0.4, 0.5) is 0 Å². The predicted octanol–water partition coefficient (Wildman–Crippen LogP) is 2.23. The van der Waals surface area contributed by atoms with Crippen LogP contribution in [0, 0.1) is 0 Å². The highest BCUT2D eigenvalue weighted by Crippen LogP contribution is 2.16. The zero-order valence-electron chi connectivity index (χ0n) is 9.49. The van der Waals surface area contributed by atoms with Crippen molar-refractivity contribution in [3.8, 4) is 0 Å². The van der Waals surface area contributed by atoms with Crippen molar-refractivity contribution < 1.29 is 0 Å². The van der Waals surface area contributed by atoms with Crippen LogP contribution in [0.1, 0.15) is 16.8 Å². The monoisotopic (exact) mass is 247 g/mol. The Kier molecular flexibility index (Phi) is 2.87. The molecule has 2 aromatic rings. The van der Waals surface area contributed by atoms with E-state index in [0.29, 0.717) is 0 Å². The summed E-state index contributed by atoms with van der Waals surface area (Å²) in [6.07, 6.45) is 3.03.